The number of amides is 1. The summed E-state index contributed by atoms with van der Waals surface area (Å²) in [5, 5.41) is 0. The Bertz CT molecular complexity index is 768. The first-order valence-electron chi connectivity index (χ1n) is 7.23. The van der Waals surface area contributed by atoms with Crippen molar-refractivity contribution in [3.8, 4) is 17.2 Å². The van der Waals surface area contributed by atoms with Gasteiger partial charge in [-0.1, -0.05) is 6.07 Å². The molecule has 0 saturated heterocycles. The SMILES string of the molecule is CN(Cc1ccc2c(c1)OCO2)C(=O)COc1ccc(F)cc1Br. The monoisotopic (exact) mass is 395 g/mol. The molecular weight excluding hydrogens is 381 g/mol. The molecule has 0 unspecified atom stereocenters. The van der Waals surface area contributed by atoms with E-state index in [4.69, 9.17) is 14.2 Å². The first-order chi connectivity index (χ1) is 11.5. The number of likely N-dealkylation sites (N-methyl/N-ethyl adjacent to an activating group) is 1. The highest BCUT2D eigenvalue weighted by Crippen LogP contribution is 2.32. The normalized spacial score (nSPS) is 12.1. The van der Waals surface area contributed by atoms with Crippen LogP contribution in [0.25, 0.3) is 0 Å². The van der Waals surface area contributed by atoms with Gasteiger partial charge >= 0.3 is 0 Å². The Morgan fingerprint density at radius 3 is 2.83 bits per heavy atom. The lowest BCUT2D eigenvalue weighted by atomic mass is 10.2. The Kier molecular flexibility index (Phi) is 4.89. The van der Waals surface area contributed by atoms with E-state index in [1.807, 2.05) is 18.2 Å². The van der Waals surface area contributed by atoms with E-state index in [-0.39, 0.29) is 25.1 Å². The van der Waals surface area contributed by atoms with E-state index in [1.165, 1.54) is 18.2 Å². The zero-order valence-electron chi connectivity index (χ0n) is 12.9. The fourth-order valence-electron chi connectivity index (χ4n) is 2.24. The minimum atomic E-state index is -0.375. The second-order valence-electron chi connectivity index (χ2n) is 5.30. The maximum atomic E-state index is 13.0. The molecule has 0 aliphatic carbocycles. The fourth-order valence-corrected chi connectivity index (χ4v) is 2.71. The van der Waals surface area contributed by atoms with E-state index in [9.17, 15) is 9.18 Å². The molecule has 5 nitrogen and oxygen atoms in total. The van der Waals surface area contributed by atoms with Crippen LogP contribution >= 0.6 is 15.9 Å². The van der Waals surface area contributed by atoms with Gasteiger partial charge in [0, 0.05) is 13.6 Å². The van der Waals surface area contributed by atoms with Crippen LogP contribution in [0.3, 0.4) is 0 Å². The molecule has 1 aliphatic rings. The number of hydrogen-bond donors (Lipinski definition) is 0. The van der Waals surface area contributed by atoms with Crippen molar-refractivity contribution >= 4 is 21.8 Å². The quantitative estimate of drug-likeness (QED) is 0.778. The zero-order chi connectivity index (χ0) is 17.1. The van der Waals surface area contributed by atoms with E-state index in [2.05, 4.69) is 15.9 Å². The third kappa shape index (κ3) is 3.79. The molecule has 3 rings (SSSR count). The van der Waals surface area contributed by atoms with Crippen LogP contribution in [0.15, 0.2) is 40.9 Å². The number of ether oxygens (including phenoxy) is 3. The largest absolute Gasteiger partial charge is 0.483 e. The number of fused-ring (bicyclic) bond motifs is 1. The van der Waals surface area contributed by atoms with Crippen molar-refractivity contribution in [3.63, 3.8) is 0 Å². The number of carbonyl (C=O) groups excluding carboxylic acids is 1. The second kappa shape index (κ2) is 7.09. The number of benzene rings is 2. The van der Waals surface area contributed by atoms with E-state index in [0.717, 1.165) is 5.56 Å². The summed E-state index contributed by atoms with van der Waals surface area (Å²) in [5.41, 5.74) is 0.929. The molecule has 0 bridgehead atoms. The number of halogens is 2. The summed E-state index contributed by atoms with van der Waals surface area (Å²) in [6.07, 6.45) is 0. The molecule has 1 amide bonds. The molecule has 24 heavy (non-hydrogen) atoms. The molecule has 2 aromatic rings. The van der Waals surface area contributed by atoms with Crippen LogP contribution in [0.5, 0.6) is 17.2 Å². The number of hydrogen-bond acceptors (Lipinski definition) is 4. The zero-order valence-corrected chi connectivity index (χ0v) is 14.5. The van der Waals surface area contributed by atoms with Crippen LogP contribution < -0.4 is 14.2 Å². The van der Waals surface area contributed by atoms with E-state index < -0.39 is 0 Å². The maximum absolute atomic E-state index is 13.0. The van der Waals surface area contributed by atoms with E-state index in [1.54, 1.807) is 11.9 Å². The van der Waals surface area contributed by atoms with Gasteiger partial charge in [-0.25, -0.2) is 4.39 Å². The molecule has 126 valence electrons. The molecular formula is C17H15BrFNO4. The highest BCUT2D eigenvalue weighted by molar-refractivity contribution is 9.10. The van der Waals surface area contributed by atoms with Gasteiger partial charge in [0.25, 0.3) is 5.91 Å². The van der Waals surface area contributed by atoms with Gasteiger partial charge in [0.05, 0.1) is 4.47 Å². The van der Waals surface area contributed by atoms with Crippen molar-refractivity contribution in [1.29, 1.82) is 0 Å². The van der Waals surface area contributed by atoms with E-state index >= 15 is 0 Å². The summed E-state index contributed by atoms with van der Waals surface area (Å²) in [6, 6.07) is 9.60. The predicted octanol–water partition coefficient (Wildman–Crippen LogP) is 3.35. The molecule has 0 atom stereocenters. The van der Waals surface area contributed by atoms with Gasteiger partial charge in [0.15, 0.2) is 18.1 Å². The third-order valence-corrected chi connectivity index (χ3v) is 4.15. The molecule has 0 fully saturated rings. The average molecular weight is 396 g/mol. The molecule has 0 aromatic heterocycles. The summed E-state index contributed by atoms with van der Waals surface area (Å²) < 4.78 is 29.5. The van der Waals surface area contributed by atoms with Crippen molar-refractivity contribution in [2.75, 3.05) is 20.4 Å². The topological polar surface area (TPSA) is 48.0 Å². The smallest absolute Gasteiger partial charge is 0.260 e. The second-order valence-corrected chi connectivity index (χ2v) is 6.16. The summed E-state index contributed by atoms with van der Waals surface area (Å²) in [7, 11) is 1.69. The van der Waals surface area contributed by atoms with E-state index in [0.29, 0.717) is 28.3 Å². The lowest BCUT2D eigenvalue weighted by Crippen LogP contribution is -2.31. The molecule has 1 heterocycles. The lowest BCUT2D eigenvalue weighted by molar-refractivity contribution is -0.132. The Morgan fingerprint density at radius 2 is 2.04 bits per heavy atom. The Labute approximate surface area is 147 Å². The standard InChI is InChI=1S/C17H15BrFNO4/c1-20(8-11-2-4-15-16(6-11)24-10-23-15)17(21)9-22-14-5-3-12(19)7-13(14)18/h2-7H,8-10H2,1H3. The number of carbonyl (C=O) groups is 1. The van der Waals surface area contributed by atoms with Crippen molar-refractivity contribution in [3.05, 3.63) is 52.3 Å². The third-order valence-electron chi connectivity index (χ3n) is 3.53. The highest BCUT2D eigenvalue weighted by Gasteiger charge is 2.16. The van der Waals surface area contributed by atoms with Crippen molar-refractivity contribution in [2.24, 2.45) is 0 Å². The Morgan fingerprint density at radius 1 is 1.25 bits per heavy atom. The molecule has 0 saturated carbocycles. The predicted molar refractivity (Wildman–Crippen MR) is 88.6 cm³/mol. The molecule has 0 radical (unpaired) electrons. The molecule has 1 aliphatic heterocycles. The Hall–Kier alpha value is -2.28. The maximum Gasteiger partial charge on any atom is 0.260 e. The van der Waals surface area contributed by atoms with Gasteiger partial charge in [-0.15, -0.1) is 0 Å². The minimum absolute atomic E-state index is 0.134. The lowest BCUT2D eigenvalue weighted by Gasteiger charge is -2.18. The fraction of sp³-hybridized carbons (Fsp3) is 0.235. The van der Waals surface area contributed by atoms with Gasteiger partial charge in [-0.3, -0.25) is 4.79 Å². The van der Waals surface area contributed by atoms with Crippen LogP contribution in [0.1, 0.15) is 5.56 Å². The first-order valence-corrected chi connectivity index (χ1v) is 8.02. The van der Waals surface area contributed by atoms with Crippen LogP contribution in [-0.2, 0) is 11.3 Å². The number of rotatable bonds is 5. The van der Waals surface area contributed by atoms with Crippen LogP contribution in [-0.4, -0.2) is 31.3 Å². The summed E-state index contributed by atoms with van der Waals surface area (Å²) in [5.74, 6) is 1.24. The van der Waals surface area contributed by atoms with Crippen molar-refractivity contribution < 1.29 is 23.4 Å². The summed E-state index contributed by atoms with van der Waals surface area (Å²) >= 11 is 3.20. The van der Waals surface area contributed by atoms with Gasteiger partial charge in [-0.05, 0) is 51.8 Å². The van der Waals surface area contributed by atoms with Crippen LogP contribution in [0.4, 0.5) is 4.39 Å². The Balaban J connectivity index is 1.56. The average Bonchev–Trinajstić information content (AvgIpc) is 3.01. The summed E-state index contributed by atoms with van der Waals surface area (Å²) in [4.78, 5) is 13.7. The van der Waals surface area contributed by atoms with Gasteiger partial charge in [0.1, 0.15) is 11.6 Å². The van der Waals surface area contributed by atoms with Crippen LogP contribution in [0.2, 0.25) is 0 Å². The minimum Gasteiger partial charge on any atom is -0.483 e. The van der Waals surface area contributed by atoms with Gasteiger partial charge in [0.2, 0.25) is 6.79 Å². The highest BCUT2D eigenvalue weighted by atomic mass is 79.9. The van der Waals surface area contributed by atoms with Crippen molar-refractivity contribution in [2.45, 2.75) is 6.54 Å². The molecule has 0 N–H and O–H groups in total. The molecule has 7 heteroatoms. The van der Waals surface area contributed by atoms with Crippen molar-refractivity contribution in [1.82, 2.24) is 4.90 Å². The van der Waals surface area contributed by atoms with Gasteiger partial charge < -0.3 is 19.1 Å². The number of nitrogens with zero attached hydrogens (tertiary/aromatic N) is 1. The summed E-state index contributed by atoms with van der Waals surface area (Å²) in [6.45, 7) is 0.503. The first kappa shape index (κ1) is 16.6. The molecule has 2 aromatic carbocycles. The molecule has 0 spiro atoms. The van der Waals surface area contributed by atoms with Gasteiger partial charge in [-0.2, -0.15) is 0 Å². The van der Waals surface area contributed by atoms with Crippen LogP contribution in [0, 0.1) is 5.82 Å².